The standard InChI is InChI=1S/C17H26N4O2/c1-12(2)9-20-11-15(8-18-20)21-10-13(7-16(21)22)17(23)19-14-5-3-4-6-14/h8,11-14H,3-7,9-10H2,1-2H3,(H,19,23). The summed E-state index contributed by atoms with van der Waals surface area (Å²) in [5.41, 5.74) is 0.798. The van der Waals surface area contributed by atoms with Crippen LogP contribution in [0.5, 0.6) is 0 Å². The van der Waals surface area contributed by atoms with Gasteiger partial charge in [-0.15, -0.1) is 0 Å². The van der Waals surface area contributed by atoms with E-state index in [1.807, 2.05) is 10.9 Å². The fraction of sp³-hybridized carbons (Fsp3) is 0.706. The van der Waals surface area contributed by atoms with Crippen LogP contribution in [0.3, 0.4) is 0 Å². The Bertz CT molecular complexity index is 575. The molecule has 2 heterocycles. The van der Waals surface area contributed by atoms with Gasteiger partial charge in [0.05, 0.1) is 17.8 Å². The summed E-state index contributed by atoms with van der Waals surface area (Å²) in [6.45, 7) is 5.55. The molecule has 0 spiro atoms. The zero-order chi connectivity index (χ0) is 16.4. The van der Waals surface area contributed by atoms with Crippen molar-refractivity contribution < 1.29 is 9.59 Å². The fourth-order valence-corrected chi connectivity index (χ4v) is 3.49. The molecule has 1 atom stereocenters. The number of amides is 2. The highest BCUT2D eigenvalue weighted by molar-refractivity contribution is 6.00. The molecule has 2 amide bonds. The van der Waals surface area contributed by atoms with E-state index < -0.39 is 0 Å². The third kappa shape index (κ3) is 3.74. The van der Waals surface area contributed by atoms with Gasteiger partial charge in [-0.3, -0.25) is 14.3 Å². The predicted molar refractivity (Wildman–Crippen MR) is 87.9 cm³/mol. The maximum atomic E-state index is 12.4. The quantitative estimate of drug-likeness (QED) is 0.902. The third-order valence-corrected chi connectivity index (χ3v) is 4.68. The lowest BCUT2D eigenvalue weighted by Gasteiger charge is -2.16. The van der Waals surface area contributed by atoms with Gasteiger partial charge in [0.2, 0.25) is 11.8 Å². The zero-order valence-electron chi connectivity index (χ0n) is 14.0. The van der Waals surface area contributed by atoms with Gasteiger partial charge in [-0.25, -0.2) is 0 Å². The second-order valence-corrected chi connectivity index (χ2v) is 7.21. The van der Waals surface area contributed by atoms with E-state index in [2.05, 4.69) is 24.3 Å². The van der Waals surface area contributed by atoms with Crippen LogP contribution in [0.25, 0.3) is 0 Å². The monoisotopic (exact) mass is 318 g/mol. The first kappa shape index (κ1) is 16.0. The molecule has 6 heteroatoms. The molecule has 1 saturated heterocycles. The van der Waals surface area contributed by atoms with Gasteiger partial charge < -0.3 is 10.2 Å². The van der Waals surface area contributed by atoms with E-state index >= 15 is 0 Å². The largest absolute Gasteiger partial charge is 0.353 e. The van der Waals surface area contributed by atoms with Crippen LogP contribution in [0.2, 0.25) is 0 Å². The van der Waals surface area contributed by atoms with Gasteiger partial charge in [0.25, 0.3) is 0 Å². The number of rotatable bonds is 5. The SMILES string of the molecule is CC(C)Cn1cc(N2CC(C(=O)NC3CCCC3)CC2=O)cn1. The van der Waals surface area contributed by atoms with Crippen molar-refractivity contribution in [2.45, 2.75) is 58.5 Å². The molecule has 2 aliphatic rings. The number of anilines is 1. The van der Waals surface area contributed by atoms with Gasteiger partial charge in [0.15, 0.2) is 0 Å². The Morgan fingerprint density at radius 3 is 2.83 bits per heavy atom. The smallest absolute Gasteiger partial charge is 0.227 e. The van der Waals surface area contributed by atoms with Crippen LogP contribution in [0.4, 0.5) is 5.69 Å². The molecule has 1 unspecified atom stereocenters. The van der Waals surface area contributed by atoms with E-state index in [4.69, 9.17) is 0 Å². The van der Waals surface area contributed by atoms with Crippen LogP contribution in [-0.4, -0.2) is 34.2 Å². The molecular formula is C17H26N4O2. The van der Waals surface area contributed by atoms with Crippen LogP contribution in [0.1, 0.15) is 46.0 Å². The van der Waals surface area contributed by atoms with Crippen molar-refractivity contribution >= 4 is 17.5 Å². The maximum Gasteiger partial charge on any atom is 0.227 e. The first-order chi connectivity index (χ1) is 11.0. The molecule has 1 aliphatic heterocycles. The average molecular weight is 318 g/mol. The number of aromatic nitrogens is 2. The molecular weight excluding hydrogens is 292 g/mol. The Hall–Kier alpha value is -1.85. The molecule has 0 bridgehead atoms. The molecule has 1 saturated carbocycles. The van der Waals surface area contributed by atoms with Crippen LogP contribution >= 0.6 is 0 Å². The Kier molecular flexibility index (Phi) is 4.68. The lowest BCUT2D eigenvalue weighted by atomic mass is 10.1. The summed E-state index contributed by atoms with van der Waals surface area (Å²) >= 11 is 0. The van der Waals surface area contributed by atoms with Gasteiger partial charge in [-0.2, -0.15) is 5.10 Å². The Morgan fingerprint density at radius 1 is 1.39 bits per heavy atom. The second-order valence-electron chi connectivity index (χ2n) is 7.21. The molecule has 23 heavy (non-hydrogen) atoms. The highest BCUT2D eigenvalue weighted by atomic mass is 16.2. The minimum atomic E-state index is -0.239. The number of hydrogen-bond donors (Lipinski definition) is 1. The first-order valence-corrected chi connectivity index (χ1v) is 8.66. The molecule has 126 valence electrons. The summed E-state index contributed by atoms with van der Waals surface area (Å²) in [5, 5.41) is 7.42. The van der Waals surface area contributed by atoms with Crippen molar-refractivity contribution in [2.24, 2.45) is 11.8 Å². The molecule has 1 aromatic rings. The summed E-state index contributed by atoms with van der Waals surface area (Å²) in [7, 11) is 0. The van der Waals surface area contributed by atoms with Gasteiger partial charge in [0.1, 0.15) is 0 Å². The molecule has 0 radical (unpaired) electrons. The highest BCUT2D eigenvalue weighted by Crippen LogP contribution is 2.26. The van der Waals surface area contributed by atoms with Gasteiger partial charge in [-0.05, 0) is 18.8 Å². The van der Waals surface area contributed by atoms with E-state index in [0.717, 1.165) is 25.1 Å². The fourth-order valence-electron chi connectivity index (χ4n) is 3.49. The van der Waals surface area contributed by atoms with Crippen molar-refractivity contribution in [3.63, 3.8) is 0 Å². The second kappa shape index (κ2) is 6.72. The molecule has 0 aromatic carbocycles. The molecule has 6 nitrogen and oxygen atoms in total. The summed E-state index contributed by atoms with van der Waals surface area (Å²) in [5.74, 6) is 0.307. The van der Waals surface area contributed by atoms with Crippen molar-refractivity contribution in [3.8, 4) is 0 Å². The number of nitrogens with zero attached hydrogens (tertiary/aromatic N) is 3. The van der Waals surface area contributed by atoms with E-state index in [1.54, 1.807) is 11.1 Å². The topological polar surface area (TPSA) is 67.2 Å². The minimum Gasteiger partial charge on any atom is -0.353 e. The van der Waals surface area contributed by atoms with Crippen molar-refractivity contribution in [3.05, 3.63) is 12.4 Å². The lowest BCUT2D eigenvalue weighted by Crippen LogP contribution is -2.38. The highest BCUT2D eigenvalue weighted by Gasteiger charge is 2.36. The van der Waals surface area contributed by atoms with E-state index in [1.165, 1.54) is 12.8 Å². The summed E-state index contributed by atoms with van der Waals surface area (Å²) in [4.78, 5) is 26.3. The first-order valence-electron chi connectivity index (χ1n) is 8.66. The summed E-state index contributed by atoms with van der Waals surface area (Å²) in [6.07, 6.45) is 8.43. The molecule has 1 aliphatic carbocycles. The summed E-state index contributed by atoms with van der Waals surface area (Å²) < 4.78 is 1.86. The average Bonchev–Trinajstić information content (AvgIpc) is 3.19. The Balaban J connectivity index is 1.60. The predicted octanol–water partition coefficient (Wildman–Crippen LogP) is 1.95. The minimum absolute atomic E-state index is 0.0145. The van der Waals surface area contributed by atoms with Crippen molar-refractivity contribution in [1.82, 2.24) is 15.1 Å². The molecule has 3 rings (SSSR count). The van der Waals surface area contributed by atoms with Crippen LogP contribution < -0.4 is 10.2 Å². The number of nitrogens with one attached hydrogen (secondary N) is 1. The molecule has 1 N–H and O–H groups in total. The van der Waals surface area contributed by atoms with Crippen LogP contribution in [-0.2, 0) is 16.1 Å². The van der Waals surface area contributed by atoms with Crippen molar-refractivity contribution in [2.75, 3.05) is 11.4 Å². The van der Waals surface area contributed by atoms with Gasteiger partial charge >= 0.3 is 0 Å². The van der Waals surface area contributed by atoms with E-state index in [0.29, 0.717) is 24.9 Å². The van der Waals surface area contributed by atoms with Crippen LogP contribution in [0.15, 0.2) is 12.4 Å². The lowest BCUT2D eigenvalue weighted by molar-refractivity contribution is -0.126. The summed E-state index contributed by atoms with van der Waals surface area (Å²) in [6, 6.07) is 0.306. The number of carbonyl (C=O) groups is 2. The Morgan fingerprint density at radius 2 is 2.13 bits per heavy atom. The van der Waals surface area contributed by atoms with Gasteiger partial charge in [-0.1, -0.05) is 26.7 Å². The number of hydrogen-bond acceptors (Lipinski definition) is 3. The normalized spacial score (nSPS) is 22.3. The van der Waals surface area contributed by atoms with E-state index in [9.17, 15) is 9.59 Å². The molecule has 1 aromatic heterocycles. The number of carbonyl (C=O) groups excluding carboxylic acids is 2. The Labute approximate surface area is 137 Å². The van der Waals surface area contributed by atoms with Crippen LogP contribution in [0, 0.1) is 11.8 Å². The maximum absolute atomic E-state index is 12.4. The van der Waals surface area contributed by atoms with Gasteiger partial charge in [0, 0.05) is 31.7 Å². The van der Waals surface area contributed by atoms with E-state index in [-0.39, 0.29) is 17.7 Å². The third-order valence-electron chi connectivity index (χ3n) is 4.68. The zero-order valence-corrected chi connectivity index (χ0v) is 14.0. The molecule has 2 fully saturated rings. The van der Waals surface area contributed by atoms with Crippen molar-refractivity contribution in [1.29, 1.82) is 0 Å².